The number of nitrogen functional groups attached to an aromatic ring is 1. The van der Waals surface area contributed by atoms with Crippen LogP contribution >= 0.6 is 11.6 Å². The fraction of sp³-hybridized carbons (Fsp3) is 0.108. The summed E-state index contributed by atoms with van der Waals surface area (Å²) in [5, 5.41) is 0.514. The van der Waals surface area contributed by atoms with Crippen LogP contribution in [0.25, 0.3) is 22.1 Å². The third kappa shape index (κ3) is 7.06. The minimum absolute atomic E-state index is 0.382. The highest BCUT2D eigenvalue weighted by Crippen LogP contribution is 2.23. The van der Waals surface area contributed by atoms with E-state index in [1.807, 2.05) is 85.5 Å². The summed E-state index contributed by atoms with van der Waals surface area (Å²) in [6.07, 6.45) is 4.33. The molecule has 7 rings (SSSR count). The first kappa shape index (κ1) is 29.7. The lowest BCUT2D eigenvalue weighted by atomic mass is 9.99. The van der Waals surface area contributed by atoms with Crippen LogP contribution in [0.1, 0.15) is 32.6 Å². The number of esters is 1. The second kappa shape index (κ2) is 13.5. The van der Waals surface area contributed by atoms with Crippen molar-refractivity contribution in [2.75, 3.05) is 12.8 Å². The van der Waals surface area contributed by atoms with E-state index in [1.165, 1.54) is 18.2 Å². The lowest BCUT2D eigenvalue weighted by molar-refractivity contribution is 0.0599. The summed E-state index contributed by atoms with van der Waals surface area (Å²) < 4.78 is 9.15. The Morgan fingerprint density at radius 3 is 1.89 bits per heavy atom. The number of ether oxygens (including phenoxy) is 1. The lowest BCUT2D eigenvalue weighted by Crippen LogP contribution is -2.06. The van der Waals surface area contributed by atoms with Gasteiger partial charge in [-0.1, -0.05) is 84.4 Å². The zero-order chi connectivity index (χ0) is 31.2. The van der Waals surface area contributed by atoms with Crippen molar-refractivity contribution in [1.29, 1.82) is 0 Å². The molecule has 2 aromatic heterocycles. The molecule has 0 saturated heterocycles. The summed E-state index contributed by atoms with van der Waals surface area (Å²) in [6.45, 7) is 1.58. The number of hydrogen-bond donors (Lipinski definition) is 1. The van der Waals surface area contributed by atoms with Gasteiger partial charge >= 0.3 is 5.97 Å². The third-order valence-electron chi connectivity index (χ3n) is 7.59. The van der Waals surface area contributed by atoms with Gasteiger partial charge in [0.2, 0.25) is 0 Å². The Morgan fingerprint density at radius 1 is 0.711 bits per heavy atom. The Morgan fingerprint density at radius 2 is 1.29 bits per heavy atom. The van der Waals surface area contributed by atoms with Crippen LogP contribution in [0.2, 0.25) is 5.02 Å². The molecule has 0 amide bonds. The Bertz CT molecular complexity index is 2070. The van der Waals surface area contributed by atoms with Gasteiger partial charge in [0.25, 0.3) is 0 Å². The molecule has 7 nitrogen and oxygen atoms in total. The van der Waals surface area contributed by atoms with Crippen molar-refractivity contribution < 1.29 is 9.53 Å². The highest BCUT2D eigenvalue weighted by atomic mass is 35.5. The molecule has 7 aromatic rings. The van der Waals surface area contributed by atoms with Crippen LogP contribution in [0.5, 0.6) is 0 Å². The van der Waals surface area contributed by atoms with E-state index < -0.39 is 0 Å². The van der Waals surface area contributed by atoms with E-state index in [1.54, 1.807) is 12.1 Å². The minimum atomic E-state index is -0.382. The Balaban J connectivity index is 0.000000179. The maximum Gasteiger partial charge on any atom is 0.338 e. The van der Waals surface area contributed by atoms with Crippen molar-refractivity contribution in [3.63, 3.8) is 0 Å². The van der Waals surface area contributed by atoms with Crippen molar-refractivity contribution in [2.24, 2.45) is 0 Å². The van der Waals surface area contributed by atoms with Gasteiger partial charge in [-0.15, -0.1) is 0 Å². The number of halogens is 1. The summed E-state index contributed by atoms with van der Waals surface area (Å²) in [5.74, 6) is -0.382. The third-order valence-corrected chi connectivity index (χ3v) is 7.83. The van der Waals surface area contributed by atoms with Gasteiger partial charge in [-0.05, 0) is 71.1 Å². The van der Waals surface area contributed by atoms with Crippen LogP contribution in [0.3, 0.4) is 0 Å². The van der Waals surface area contributed by atoms with Crippen LogP contribution in [-0.2, 0) is 24.2 Å². The van der Waals surface area contributed by atoms with Crippen LogP contribution in [0, 0.1) is 0 Å². The maximum atomic E-state index is 12.1. The van der Waals surface area contributed by atoms with E-state index in [4.69, 9.17) is 22.1 Å². The zero-order valence-electron chi connectivity index (χ0n) is 24.8. The molecular formula is C37H32ClN5O2. The first-order valence-electron chi connectivity index (χ1n) is 14.6. The van der Waals surface area contributed by atoms with Gasteiger partial charge in [0.15, 0.2) is 0 Å². The highest BCUT2D eigenvalue weighted by molar-refractivity contribution is 6.31. The van der Waals surface area contributed by atoms with E-state index in [2.05, 4.69) is 49.4 Å². The second-order valence-corrected chi connectivity index (χ2v) is 11.2. The molecule has 0 radical (unpaired) electrons. The molecule has 2 N–H and O–H groups in total. The highest BCUT2D eigenvalue weighted by Gasteiger charge is 2.14. The normalized spacial score (nSPS) is 10.9. The first-order valence-corrected chi connectivity index (χ1v) is 14.9. The number of imidazole rings is 2. The van der Waals surface area contributed by atoms with Crippen molar-refractivity contribution in [2.45, 2.75) is 19.5 Å². The van der Waals surface area contributed by atoms with E-state index >= 15 is 0 Å². The Labute approximate surface area is 266 Å². The van der Waals surface area contributed by atoms with Crippen molar-refractivity contribution in [3.05, 3.63) is 161 Å². The molecule has 0 saturated carbocycles. The summed E-state index contributed by atoms with van der Waals surface area (Å²) in [5.41, 5.74) is 15.6. The number of aromatic nitrogens is 4. The summed E-state index contributed by atoms with van der Waals surface area (Å²) >= 11 is 6.06. The molecule has 0 aliphatic carbocycles. The van der Waals surface area contributed by atoms with Crippen LogP contribution in [0.4, 0.5) is 5.69 Å². The van der Waals surface area contributed by atoms with E-state index in [-0.39, 0.29) is 5.97 Å². The SMILES string of the molecule is COC(=O)c1cc(Cl)ccc1Cc1ccc2ncn(Cc3ccccc3)c2c1.Nc1ccc2ncn(Cc3ccccc3)c2c1. The number of fused-ring (bicyclic) bond motifs is 2. The minimum Gasteiger partial charge on any atom is -0.465 e. The van der Waals surface area contributed by atoms with Gasteiger partial charge in [0.05, 0.1) is 47.4 Å². The predicted octanol–water partition coefficient (Wildman–Crippen LogP) is 7.78. The smallest absolute Gasteiger partial charge is 0.338 e. The quantitative estimate of drug-likeness (QED) is 0.146. The number of rotatable bonds is 7. The standard InChI is InChI=1S/C23H19ClN2O2.C14H13N3/c1-28-23(27)20-13-19(24)9-8-18(20)11-17-7-10-21-22(12-17)26(15-25-21)14-16-5-3-2-4-6-16;15-12-6-7-13-14(8-12)17(10-16-13)9-11-4-2-1-3-5-11/h2-10,12-13,15H,11,14H2,1H3;1-8,10H,9,15H2. The molecule has 0 spiro atoms. The van der Waals surface area contributed by atoms with Crippen LogP contribution < -0.4 is 5.73 Å². The molecule has 8 heteroatoms. The fourth-order valence-electron chi connectivity index (χ4n) is 5.32. The fourth-order valence-corrected chi connectivity index (χ4v) is 5.49. The maximum absolute atomic E-state index is 12.1. The van der Waals surface area contributed by atoms with Gasteiger partial charge in [-0.25, -0.2) is 14.8 Å². The monoisotopic (exact) mass is 613 g/mol. The van der Waals surface area contributed by atoms with Gasteiger partial charge < -0.3 is 19.6 Å². The number of benzene rings is 5. The van der Waals surface area contributed by atoms with E-state index in [0.29, 0.717) is 17.0 Å². The zero-order valence-corrected chi connectivity index (χ0v) is 25.6. The van der Waals surface area contributed by atoms with E-state index in [9.17, 15) is 4.79 Å². The van der Waals surface area contributed by atoms with Crippen LogP contribution in [-0.4, -0.2) is 32.2 Å². The molecule has 0 fully saturated rings. The molecule has 0 unspecified atom stereocenters. The molecule has 224 valence electrons. The molecule has 0 aliphatic rings. The largest absolute Gasteiger partial charge is 0.465 e. The molecule has 45 heavy (non-hydrogen) atoms. The number of carbonyl (C=O) groups excluding carboxylic acids is 1. The Hall–Kier alpha value is -5.40. The Kier molecular flexibility index (Phi) is 8.89. The van der Waals surface area contributed by atoms with Gasteiger partial charge in [0, 0.05) is 23.8 Å². The molecule has 5 aromatic carbocycles. The number of nitrogens with zero attached hydrogens (tertiary/aromatic N) is 4. The molecule has 0 aliphatic heterocycles. The van der Waals surface area contributed by atoms with Crippen molar-refractivity contribution in [3.8, 4) is 0 Å². The number of methoxy groups -OCH3 is 1. The number of nitrogens with two attached hydrogens (primary N) is 1. The molecular weight excluding hydrogens is 582 g/mol. The van der Waals surface area contributed by atoms with Gasteiger partial charge in [-0.3, -0.25) is 0 Å². The number of anilines is 1. The molecule has 0 atom stereocenters. The molecule has 0 bridgehead atoms. The topological polar surface area (TPSA) is 88.0 Å². The van der Waals surface area contributed by atoms with Crippen molar-refractivity contribution in [1.82, 2.24) is 19.1 Å². The summed E-state index contributed by atoms with van der Waals surface area (Å²) in [7, 11) is 1.38. The number of hydrogen-bond acceptors (Lipinski definition) is 5. The first-order chi connectivity index (χ1) is 22.0. The predicted molar refractivity (Wildman–Crippen MR) is 181 cm³/mol. The summed E-state index contributed by atoms with van der Waals surface area (Å²) in [4.78, 5) is 21.0. The van der Waals surface area contributed by atoms with Crippen molar-refractivity contribution >= 4 is 45.3 Å². The van der Waals surface area contributed by atoms with E-state index in [0.717, 1.165) is 52.0 Å². The van der Waals surface area contributed by atoms with Gasteiger partial charge in [0.1, 0.15) is 0 Å². The van der Waals surface area contributed by atoms with Crippen LogP contribution in [0.15, 0.2) is 128 Å². The second-order valence-electron chi connectivity index (χ2n) is 10.8. The molecule has 2 heterocycles. The lowest BCUT2D eigenvalue weighted by Gasteiger charge is -2.10. The average Bonchev–Trinajstić information content (AvgIpc) is 3.65. The average molecular weight is 614 g/mol. The summed E-state index contributed by atoms with van der Waals surface area (Å²) in [6, 6.07) is 37.9. The van der Waals surface area contributed by atoms with Gasteiger partial charge in [-0.2, -0.15) is 0 Å². The number of carbonyl (C=O) groups is 1.